The molecular formula is C11H15IO. The largest absolute Gasteiger partial charge is 0.385 e. The fourth-order valence-electron chi connectivity index (χ4n) is 1.44. The van der Waals surface area contributed by atoms with Gasteiger partial charge in [-0.15, -0.1) is 0 Å². The molecule has 0 saturated heterocycles. The third-order valence-electron chi connectivity index (χ3n) is 2.20. The van der Waals surface area contributed by atoms with Gasteiger partial charge in [-0.25, -0.2) is 0 Å². The zero-order valence-electron chi connectivity index (χ0n) is 8.05. The topological polar surface area (TPSA) is 20.2 Å². The fourth-order valence-corrected chi connectivity index (χ4v) is 1.80. The highest BCUT2D eigenvalue weighted by Crippen LogP contribution is 2.25. The Morgan fingerprint density at radius 2 is 1.85 bits per heavy atom. The predicted octanol–water partition coefficient (Wildman–Crippen LogP) is 3.30. The number of hydrogen-bond acceptors (Lipinski definition) is 1. The molecule has 72 valence electrons. The van der Waals surface area contributed by atoms with Crippen LogP contribution in [0.15, 0.2) is 24.3 Å². The molecule has 1 unspecified atom stereocenters. The van der Waals surface area contributed by atoms with Crippen LogP contribution in [0.2, 0.25) is 0 Å². The van der Waals surface area contributed by atoms with Crippen molar-refractivity contribution in [3.8, 4) is 0 Å². The van der Waals surface area contributed by atoms with Crippen molar-refractivity contribution in [1.82, 2.24) is 0 Å². The monoisotopic (exact) mass is 290 g/mol. The van der Waals surface area contributed by atoms with Crippen molar-refractivity contribution in [1.29, 1.82) is 0 Å². The van der Waals surface area contributed by atoms with Gasteiger partial charge in [0.15, 0.2) is 0 Å². The lowest BCUT2D eigenvalue weighted by atomic mass is 9.92. The van der Waals surface area contributed by atoms with E-state index in [1.165, 1.54) is 3.57 Å². The van der Waals surface area contributed by atoms with Crippen LogP contribution >= 0.6 is 22.6 Å². The van der Waals surface area contributed by atoms with Crippen LogP contribution < -0.4 is 0 Å². The minimum Gasteiger partial charge on any atom is -0.385 e. The second-order valence-electron chi connectivity index (χ2n) is 3.53. The highest BCUT2D eigenvalue weighted by Gasteiger charge is 2.20. The van der Waals surface area contributed by atoms with Crippen LogP contribution in [-0.4, -0.2) is 5.11 Å². The Hall–Kier alpha value is -0.0900. The van der Waals surface area contributed by atoms with Gasteiger partial charge in [-0.3, -0.25) is 0 Å². The molecule has 0 radical (unpaired) electrons. The molecule has 1 N–H and O–H groups in total. The van der Waals surface area contributed by atoms with E-state index in [1.807, 2.05) is 31.2 Å². The normalized spacial score (nSPS) is 15.4. The minimum absolute atomic E-state index is 0.668. The van der Waals surface area contributed by atoms with Gasteiger partial charge in [0, 0.05) is 3.57 Å². The summed E-state index contributed by atoms with van der Waals surface area (Å²) in [5.41, 5.74) is 0.341. The molecule has 0 aliphatic rings. The first kappa shape index (κ1) is 11.0. The highest BCUT2D eigenvalue weighted by molar-refractivity contribution is 14.1. The van der Waals surface area contributed by atoms with Crippen molar-refractivity contribution in [2.45, 2.75) is 32.3 Å². The van der Waals surface area contributed by atoms with Gasteiger partial charge in [-0.2, -0.15) is 0 Å². The second-order valence-corrected chi connectivity index (χ2v) is 4.78. The van der Waals surface area contributed by atoms with Gasteiger partial charge in [-0.05, 0) is 53.6 Å². The lowest BCUT2D eigenvalue weighted by molar-refractivity contribution is 0.0469. The Labute approximate surface area is 93.3 Å². The van der Waals surface area contributed by atoms with Crippen molar-refractivity contribution in [2.24, 2.45) is 0 Å². The molecule has 1 rings (SSSR count). The van der Waals surface area contributed by atoms with Crippen LogP contribution in [0.3, 0.4) is 0 Å². The molecule has 0 aliphatic heterocycles. The van der Waals surface area contributed by atoms with Crippen LogP contribution in [0.4, 0.5) is 0 Å². The van der Waals surface area contributed by atoms with Crippen molar-refractivity contribution in [3.05, 3.63) is 33.4 Å². The second kappa shape index (κ2) is 4.42. The van der Waals surface area contributed by atoms with E-state index in [0.29, 0.717) is 0 Å². The third-order valence-corrected chi connectivity index (χ3v) is 2.92. The summed E-state index contributed by atoms with van der Waals surface area (Å²) in [4.78, 5) is 0. The standard InChI is InChI=1S/C11H15IO/c1-3-8-11(2,13)9-4-6-10(12)7-5-9/h4-7,13H,3,8H2,1-2H3. The maximum Gasteiger partial charge on any atom is 0.0868 e. The van der Waals surface area contributed by atoms with Gasteiger partial charge in [0.25, 0.3) is 0 Å². The average Bonchev–Trinajstić information content (AvgIpc) is 2.05. The molecule has 0 heterocycles. The zero-order chi connectivity index (χ0) is 9.90. The molecule has 0 bridgehead atoms. The summed E-state index contributed by atoms with van der Waals surface area (Å²) in [6.07, 6.45) is 1.81. The molecule has 1 aromatic carbocycles. The first-order valence-corrected chi connectivity index (χ1v) is 5.62. The van der Waals surface area contributed by atoms with Crippen LogP contribution in [0, 0.1) is 3.57 Å². The number of rotatable bonds is 3. The van der Waals surface area contributed by atoms with Gasteiger partial charge in [0.2, 0.25) is 0 Å². The average molecular weight is 290 g/mol. The zero-order valence-corrected chi connectivity index (χ0v) is 10.2. The highest BCUT2D eigenvalue weighted by atomic mass is 127. The summed E-state index contributed by atoms with van der Waals surface area (Å²) in [5.74, 6) is 0. The Bertz CT molecular complexity index is 264. The van der Waals surface area contributed by atoms with Crippen molar-refractivity contribution in [2.75, 3.05) is 0 Å². The number of halogens is 1. The summed E-state index contributed by atoms with van der Waals surface area (Å²) in [6.45, 7) is 3.96. The summed E-state index contributed by atoms with van der Waals surface area (Å²) in [5, 5.41) is 10.1. The van der Waals surface area contributed by atoms with E-state index in [1.54, 1.807) is 0 Å². The van der Waals surface area contributed by atoms with Gasteiger partial charge in [-0.1, -0.05) is 25.5 Å². The molecule has 0 spiro atoms. The van der Waals surface area contributed by atoms with E-state index < -0.39 is 5.60 Å². The minimum atomic E-state index is -0.668. The van der Waals surface area contributed by atoms with E-state index in [-0.39, 0.29) is 0 Å². The molecule has 0 amide bonds. The predicted molar refractivity (Wildman–Crippen MR) is 63.6 cm³/mol. The first-order valence-electron chi connectivity index (χ1n) is 4.54. The van der Waals surface area contributed by atoms with Gasteiger partial charge < -0.3 is 5.11 Å². The summed E-state index contributed by atoms with van der Waals surface area (Å²) >= 11 is 2.26. The Morgan fingerprint density at radius 3 is 2.31 bits per heavy atom. The lowest BCUT2D eigenvalue weighted by Crippen LogP contribution is -2.20. The van der Waals surface area contributed by atoms with Crippen molar-refractivity contribution >= 4 is 22.6 Å². The van der Waals surface area contributed by atoms with Gasteiger partial charge in [0.1, 0.15) is 0 Å². The number of hydrogen-bond donors (Lipinski definition) is 1. The van der Waals surface area contributed by atoms with Gasteiger partial charge in [0.05, 0.1) is 5.60 Å². The Morgan fingerprint density at radius 1 is 1.31 bits per heavy atom. The van der Waals surface area contributed by atoms with Crippen LogP contribution in [0.1, 0.15) is 32.3 Å². The molecule has 1 nitrogen and oxygen atoms in total. The van der Waals surface area contributed by atoms with E-state index in [2.05, 4.69) is 29.5 Å². The first-order chi connectivity index (χ1) is 6.06. The van der Waals surface area contributed by atoms with Crippen molar-refractivity contribution < 1.29 is 5.11 Å². The quantitative estimate of drug-likeness (QED) is 0.847. The smallest absolute Gasteiger partial charge is 0.0868 e. The van der Waals surface area contributed by atoms with Crippen LogP contribution in [0.5, 0.6) is 0 Å². The van der Waals surface area contributed by atoms with E-state index in [4.69, 9.17) is 0 Å². The molecule has 0 aromatic heterocycles. The lowest BCUT2D eigenvalue weighted by Gasteiger charge is -2.23. The molecule has 2 heteroatoms. The molecule has 0 aliphatic carbocycles. The van der Waals surface area contributed by atoms with Crippen LogP contribution in [0.25, 0.3) is 0 Å². The SMILES string of the molecule is CCCC(C)(O)c1ccc(I)cc1. The third kappa shape index (κ3) is 2.95. The Balaban J connectivity index is 2.87. The number of aliphatic hydroxyl groups is 1. The van der Waals surface area contributed by atoms with E-state index >= 15 is 0 Å². The molecule has 0 saturated carbocycles. The fraction of sp³-hybridized carbons (Fsp3) is 0.455. The van der Waals surface area contributed by atoms with E-state index in [0.717, 1.165) is 18.4 Å². The van der Waals surface area contributed by atoms with Crippen LogP contribution in [-0.2, 0) is 5.60 Å². The molecular weight excluding hydrogens is 275 g/mol. The van der Waals surface area contributed by atoms with Gasteiger partial charge >= 0.3 is 0 Å². The molecule has 1 atom stereocenters. The molecule has 13 heavy (non-hydrogen) atoms. The molecule has 1 aromatic rings. The van der Waals surface area contributed by atoms with Crippen molar-refractivity contribution in [3.63, 3.8) is 0 Å². The Kier molecular flexibility index (Phi) is 3.74. The maximum atomic E-state index is 10.1. The number of benzene rings is 1. The molecule has 0 fully saturated rings. The summed E-state index contributed by atoms with van der Waals surface area (Å²) < 4.78 is 1.20. The van der Waals surface area contributed by atoms with E-state index in [9.17, 15) is 5.11 Å². The summed E-state index contributed by atoms with van der Waals surface area (Å²) in [6, 6.07) is 8.05. The maximum absolute atomic E-state index is 10.1. The summed E-state index contributed by atoms with van der Waals surface area (Å²) in [7, 11) is 0.